The van der Waals surface area contributed by atoms with Gasteiger partial charge in [-0.05, 0) is 24.3 Å². The number of rotatable bonds is 3. The summed E-state index contributed by atoms with van der Waals surface area (Å²) in [6.07, 6.45) is 0. The van der Waals surface area contributed by atoms with Crippen LogP contribution in [-0.2, 0) is 4.79 Å². The van der Waals surface area contributed by atoms with Crippen LogP contribution in [0.3, 0.4) is 0 Å². The van der Waals surface area contributed by atoms with Crippen LogP contribution in [0.1, 0.15) is 0 Å². The minimum Gasteiger partial charge on any atom is -0.478 e. The second-order valence-corrected chi connectivity index (χ2v) is 3.46. The maximum absolute atomic E-state index is 12.6. The molecule has 1 unspecified atom stereocenters. The zero-order valence-corrected chi connectivity index (χ0v) is 7.42. The normalized spacial score (nSPS) is 12.4. The lowest BCUT2D eigenvalue weighted by Crippen LogP contribution is -2.09. The van der Waals surface area contributed by atoms with Crippen molar-refractivity contribution in [2.75, 3.05) is 5.73 Å². The zero-order chi connectivity index (χ0) is 9.84. The molecule has 0 aliphatic heterocycles. The number of nitrogens with two attached hydrogens (primary N) is 1. The highest BCUT2D eigenvalue weighted by atomic mass is 32.2. The minimum atomic E-state index is -1.93. The lowest BCUT2D eigenvalue weighted by molar-refractivity contribution is -0.139. The fraction of sp³-hybridized carbons (Fsp3) is 0.125. The molecule has 0 aliphatic carbocycles. The van der Waals surface area contributed by atoms with Gasteiger partial charge in [-0.1, -0.05) is 11.8 Å². The number of halogens is 1. The molecular formula is C8H8FNO2S. The van der Waals surface area contributed by atoms with Crippen LogP contribution in [0.15, 0.2) is 29.2 Å². The van der Waals surface area contributed by atoms with Crippen LogP contribution in [0.2, 0.25) is 0 Å². The van der Waals surface area contributed by atoms with E-state index in [2.05, 4.69) is 0 Å². The average Bonchev–Trinajstić information content (AvgIpc) is 2.08. The fourth-order valence-electron chi connectivity index (χ4n) is 0.716. The van der Waals surface area contributed by atoms with Crippen molar-refractivity contribution in [2.45, 2.75) is 10.4 Å². The van der Waals surface area contributed by atoms with Gasteiger partial charge in [0.15, 0.2) is 0 Å². The van der Waals surface area contributed by atoms with Crippen LogP contribution >= 0.6 is 11.8 Å². The summed E-state index contributed by atoms with van der Waals surface area (Å²) in [4.78, 5) is 10.7. The van der Waals surface area contributed by atoms with Crippen molar-refractivity contribution >= 4 is 23.4 Å². The van der Waals surface area contributed by atoms with Crippen molar-refractivity contribution in [1.82, 2.24) is 0 Å². The number of anilines is 1. The summed E-state index contributed by atoms with van der Waals surface area (Å²) >= 11 is 0.639. The monoisotopic (exact) mass is 201 g/mol. The first-order valence-corrected chi connectivity index (χ1v) is 4.36. The molecule has 5 heteroatoms. The van der Waals surface area contributed by atoms with Crippen LogP contribution in [0.4, 0.5) is 10.1 Å². The largest absolute Gasteiger partial charge is 0.478 e. The summed E-state index contributed by atoms with van der Waals surface area (Å²) in [6, 6.07) is 6.35. The summed E-state index contributed by atoms with van der Waals surface area (Å²) in [5.41, 5.74) is 4.04. The van der Waals surface area contributed by atoms with Crippen molar-refractivity contribution in [3.8, 4) is 0 Å². The third-order valence-corrected chi connectivity index (χ3v) is 2.27. The summed E-state index contributed by atoms with van der Waals surface area (Å²) in [5, 5.41) is 8.28. The van der Waals surface area contributed by atoms with Gasteiger partial charge in [0.1, 0.15) is 0 Å². The van der Waals surface area contributed by atoms with E-state index in [1.165, 1.54) is 0 Å². The van der Waals surface area contributed by atoms with Gasteiger partial charge in [-0.25, -0.2) is 9.18 Å². The number of carboxylic acid groups (broad SMARTS) is 1. The third-order valence-electron chi connectivity index (χ3n) is 1.31. The molecule has 1 aromatic rings. The Morgan fingerprint density at radius 3 is 2.46 bits per heavy atom. The molecule has 3 nitrogen and oxygen atoms in total. The number of carboxylic acids is 1. The molecule has 1 aromatic carbocycles. The Balaban J connectivity index is 2.64. The third kappa shape index (κ3) is 2.95. The highest BCUT2D eigenvalue weighted by molar-refractivity contribution is 8.00. The molecule has 13 heavy (non-hydrogen) atoms. The molecule has 0 aliphatic rings. The van der Waals surface area contributed by atoms with E-state index in [1.54, 1.807) is 24.3 Å². The Hall–Kier alpha value is -1.23. The second-order valence-electron chi connectivity index (χ2n) is 2.34. The number of thioether (sulfide) groups is 1. The van der Waals surface area contributed by atoms with Crippen molar-refractivity contribution in [3.63, 3.8) is 0 Å². The molecule has 0 spiro atoms. The van der Waals surface area contributed by atoms with Gasteiger partial charge in [0.2, 0.25) is 5.50 Å². The second kappa shape index (κ2) is 4.13. The molecule has 0 saturated heterocycles. The number of carbonyl (C=O) groups is 1. The molecule has 0 fully saturated rings. The number of alkyl halides is 1. The van der Waals surface area contributed by atoms with Gasteiger partial charge in [-0.2, -0.15) is 0 Å². The van der Waals surface area contributed by atoms with Gasteiger partial charge in [-0.3, -0.25) is 0 Å². The average molecular weight is 201 g/mol. The van der Waals surface area contributed by atoms with E-state index in [4.69, 9.17) is 10.8 Å². The summed E-state index contributed by atoms with van der Waals surface area (Å²) in [7, 11) is 0. The molecule has 0 aromatic heterocycles. The summed E-state index contributed by atoms with van der Waals surface area (Å²) in [6.45, 7) is 0. The van der Waals surface area contributed by atoms with Crippen LogP contribution in [0.5, 0.6) is 0 Å². The molecule has 0 bridgehead atoms. The molecular weight excluding hydrogens is 193 g/mol. The van der Waals surface area contributed by atoms with Crippen molar-refractivity contribution in [2.24, 2.45) is 0 Å². The van der Waals surface area contributed by atoms with Crippen molar-refractivity contribution in [1.29, 1.82) is 0 Å². The van der Waals surface area contributed by atoms with Gasteiger partial charge in [0, 0.05) is 10.6 Å². The minimum absolute atomic E-state index is 0.545. The van der Waals surface area contributed by atoms with E-state index >= 15 is 0 Å². The molecule has 70 valence electrons. The maximum Gasteiger partial charge on any atom is 0.349 e. The predicted octanol–water partition coefficient (Wildman–Crippen LogP) is 1.74. The zero-order valence-electron chi connectivity index (χ0n) is 6.61. The van der Waals surface area contributed by atoms with E-state index in [-0.39, 0.29) is 0 Å². The van der Waals surface area contributed by atoms with Crippen LogP contribution in [0, 0.1) is 0 Å². The van der Waals surface area contributed by atoms with E-state index in [0.29, 0.717) is 22.3 Å². The van der Waals surface area contributed by atoms with Gasteiger partial charge in [0.05, 0.1) is 0 Å². The van der Waals surface area contributed by atoms with E-state index in [0.717, 1.165) is 0 Å². The molecule has 0 saturated carbocycles. The van der Waals surface area contributed by atoms with E-state index < -0.39 is 11.5 Å². The SMILES string of the molecule is Nc1ccc(SC(F)C(=O)O)cc1. The molecule has 0 heterocycles. The Morgan fingerprint density at radius 1 is 1.46 bits per heavy atom. The van der Waals surface area contributed by atoms with Crippen LogP contribution < -0.4 is 5.73 Å². The lowest BCUT2D eigenvalue weighted by Gasteiger charge is -2.02. The van der Waals surface area contributed by atoms with Gasteiger partial charge >= 0.3 is 5.97 Å². The number of hydrogen-bond acceptors (Lipinski definition) is 3. The highest BCUT2D eigenvalue weighted by Crippen LogP contribution is 2.24. The van der Waals surface area contributed by atoms with E-state index in [1.807, 2.05) is 0 Å². The topological polar surface area (TPSA) is 63.3 Å². The Kier molecular flexibility index (Phi) is 3.13. The van der Waals surface area contributed by atoms with Gasteiger partial charge in [0.25, 0.3) is 0 Å². The number of nitrogen functional groups attached to an aromatic ring is 1. The molecule has 1 rings (SSSR count). The first-order valence-electron chi connectivity index (χ1n) is 3.48. The highest BCUT2D eigenvalue weighted by Gasteiger charge is 2.16. The maximum atomic E-state index is 12.6. The first-order chi connectivity index (χ1) is 6.09. The lowest BCUT2D eigenvalue weighted by atomic mass is 10.3. The number of benzene rings is 1. The predicted molar refractivity (Wildman–Crippen MR) is 49.2 cm³/mol. The quantitative estimate of drug-likeness (QED) is 0.577. The van der Waals surface area contributed by atoms with Crippen molar-refractivity contribution < 1.29 is 14.3 Å². The molecule has 3 N–H and O–H groups in total. The van der Waals surface area contributed by atoms with Gasteiger partial charge in [-0.15, -0.1) is 0 Å². The Labute approximate surface area is 78.7 Å². The Morgan fingerprint density at radius 2 is 2.00 bits per heavy atom. The van der Waals surface area contributed by atoms with Crippen molar-refractivity contribution in [3.05, 3.63) is 24.3 Å². The molecule has 0 amide bonds. The fourth-order valence-corrected chi connectivity index (χ4v) is 1.35. The Bertz CT molecular complexity index is 302. The molecule has 0 radical (unpaired) electrons. The van der Waals surface area contributed by atoms with Gasteiger partial charge < -0.3 is 10.8 Å². The summed E-state index contributed by atoms with van der Waals surface area (Å²) in [5.74, 6) is -1.47. The standard InChI is InChI=1S/C8H8FNO2S/c9-7(8(11)12)13-6-3-1-5(10)2-4-6/h1-4,7H,10H2,(H,11,12). The van der Waals surface area contributed by atoms with Crippen LogP contribution in [0.25, 0.3) is 0 Å². The van der Waals surface area contributed by atoms with Crippen LogP contribution in [-0.4, -0.2) is 16.6 Å². The van der Waals surface area contributed by atoms with E-state index in [9.17, 15) is 9.18 Å². The molecule has 1 atom stereocenters. The number of hydrogen-bond donors (Lipinski definition) is 2. The number of aliphatic carboxylic acids is 1. The summed E-state index contributed by atoms with van der Waals surface area (Å²) < 4.78 is 12.6. The first kappa shape index (κ1) is 9.85. The smallest absolute Gasteiger partial charge is 0.349 e.